The molecule has 0 saturated carbocycles. The molecule has 0 aliphatic carbocycles. The van der Waals surface area contributed by atoms with Crippen molar-refractivity contribution in [1.82, 2.24) is 14.2 Å². The first-order valence-corrected chi connectivity index (χ1v) is 12.4. The van der Waals surface area contributed by atoms with Crippen LogP contribution in [0, 0.1) is 5.92 Å². The zero-order valence-electron chi connectivity index (χ0n) is 18.5. The van der Waals surface area contributed by atoms with Crippen molar-refractivity contribution in [3.8, 4) is 5.75 Å². The minimum Gasteiger partial charge on any atom is -0.497 e. The maximum atomic E-state index is 13.3. The second-order valence-electron chi connectivity index (χ2n) is 8.09. The number of ether oxygens (including phenoxy) is 1. The third-order valence-corrected chi connectivity index (χ3v) is 7.96. The molecule has 170 valence electrons. The smallest absolute Gasteiger partial charge is 0.243 e. The number of hydrogen-bond acceptors (Lipinski definition) is 4. The molecule has 1 amide bonds. The fraction of sp³-hybridized carbons (Fsp3) is 0.375. The molecule has 1 saturated heterocycles. The molecule has 2 heterocycles. The van der Waals surface area contributed by atoms with Crippen molar-refractivity contribution >= 4 is 26.8 Å². The number of carbonyl (C=O) groups excluding carboxylic acids is 1. The molecule has 3 aromatic rings. The number of hydrogen-bond donors (Lipinski definition) is 1. The number of fused-ring (bicyclic) bond motifs is 1. The van der Waals surface area contributed by atoms with E-state index in [1.807, 2.05) is 42.6 Å². The normalized spacial score (nSPS) is 17.4. The second kappa shape index (κ2) is 9.34. The summed E-state index contributed by atoms with van der Waals surface area (Å²) in [5.74, 6) is 0.288. The van der Waals surface area contributed by atoms with Gasteiger partial charge in [0.05, 0.1) is 17.9 Å². The van der Waals surface area contributed by atoms with Crippen molar-refractivity contribution < 1.29 is 17.9 Å². The maximum absolute atomic E-state index is 13.3. The number of piperidine rings is 1. The standard InChI is InChI=1S/C24H29N3O4S/c1-3-26-14-12-19-15-22(10-11-23(19)26)32(29,30)27-13-4-5-20(17-27)24(28)25-16-18-6-8-21(31-2)9-7-18/h6-12,14-15,20H,3-5,13,16-17H2,1-2H3,(H,25,28)/t20-/m0/s1. The number of nitrogens with zero attached hydrogens (tertiary/aromatic N) is 2. The molecule has 0 unspecified atom stereocenters. The molecule has 2 aromatic carbocycles. The number of aryl methyl sites for hydroxylation is 1. The Morgan fingerprint density at radius 3 is 2.66 bits per heavy atom. The summed E-state index contributed by atoms with van der Waals surface area (Å²) in [6.07, 6.45) is 3.30. The van der Waals surface area contributed by atoms with Gasteiger partial charge in [-0.2, -0.15) is 4.31 Å². The highest BCUT2D eigenvalue weighted by Gasteiger charge is 2.33. The monoisotopic (exact) mass is 455 g/mol. The Hall–Kier alpha value is -2.84. The predicted octanol–water partition coefficient (Wildman–Crippen LogP) is 3.39. The van der Waals surface area contributed by atoms with Crippen LogP contribution in [0.15, 0.2) is 59.6 Å². The first-order valence-electron chi connectivity index (χ1n) is 10.9. The zero-order valence-corrected chi connectivity index (χ0v) is 19.3. The van der Waals surface area contributed by atoms with Gasteiger partial charge in [0.2, 0.25) is 15.9 Å². The summed E-state index contributed by atoms with van der Waals surface area (Å²) in [6.45, 7) is 3.91. The summed E-state index contributed by atoms with van der Waals surface area (Å²) in [5, 5.41) is 3.85. The van der Waals surface area contributed by atoms with Gasteiger partial charge in [0.1, 0.15) is 5.75 Å². The van der Waals surface area contributed by atoms with Crippen LogP contribution in [0.4, 0.5) is 0 Å². The van der Waals surface area contributed by atoms with Gasteiger partial charge in [-0.1, -0.05) is 12.1 Å². The minimum absolute atomic E-state index is 0.115. The molecule has 1 atom stereocenters. The molecule has 32 heavy (non-hydrogen) atoms. The highest BCUT2D eigenvalue weighted by Crippen LogP contribution is 2.27. The van der Waals surface area contributed by atoms with E-state index in [2.05, 4.69) is 16.8 Å². The Kier molecular flexibility index (Phi) is 6.53. The van der Waals surface area contributed by atoms with Gasteiger partial charge in [-0.15, -0.1) is 0 Å². The number of amides is 1. The second-order valence-corrected chi connectivity index (χ2v) is 10.0. The summed E-state index contributed by atoms with van der Waals surface area (Å²) in [7, 11) is -2.05. The molecule has 4 rings (SSSR count). The largest absolute Gasteiger partial charge is 0.497 e. The van der Waals surface area contributed by atoms with Crippen LogP contribution in [-0.4, -0.2) is 43.4 Å². The van der Waals surface area contributed by atoms with Crippen LogP contribution < -0.4 is 10.1 Å². The summed E-state index contributed by atoms with van der Waals surface area (Å²) < 4.78 is 35.3. The Morgan fingerprint density at radius 2 is 1.94 bits per heavy atom. The van der Waals surface area contributed by atoms with Gasteiger partial charge in [-0.3, -0.25) is 4.79 Å². The van der Waals surface area contributed by atoms with Gasteiger partial charge in [0.15, 0.2) is 0 Å². The first kappa shape index (κ1) is 22.4. The number of carbonyl (C=O) groups is 1. The molecular weight excluding hydrogens is 426 g/mol. The quantitative estimate of drug-likeness (QED) is 0.592. The van der Waals surface area contributed by atoms with Gasteiger partial charge in [-0.05, 0) is 61.7 Å². The van der Waals surface area contributed by atoms with Crippen LogP contribution in [-0.2, 0) is 27.9 Å². The van der Waals surface area contributed by atoms with E-state index < -0.39 is 10.0 Å². The first-order chi connectivity index (χ1) is 15.4. The Bertz CT molecular complexity index is 1200. The number of aromatic nitrogens is 1. The van der Waals surface area contributed by atoms with E-state index in [0.29, 0.717) is 25.9 Å². The molecule has 1 aliphatic rings. The fourth-order valence-electron chi connectivity index (χ4n) is 4.22. The Balaban J connectivity index is 1.43. The lowest BCUT2D eigenvalue weighted by Gasteiger charge is -2.31. The van der Waals surface area contributed by atoms with E-state index in [0.717, 1.165) is 28.8 Å². The summed E-state index contributed by atoms with van der Waals surface area (Å²) in [4.78, 5) is 13.0. The van der Waals surface area contributed by atoms with Crippen LogP contribution >= 0.6 is 0 Å². The van der Waals surface area contributed by atoms with E-state index in [9.17, 15) is 13.2 Å². The predicted molar refractivity (Wildman–Crippen MR) is 124 cm³/mol. The SMILES string of the molecule is CCn1ccc2cc(S(=O)(=O)N3CCC[C@H](C(=O)NCc4ccc(OC)cc4)C3)ccc21. The number of sulfonamides is 1. The molecule has 1 aliphatic heterocycles. The topological polar surface area (TPSA) is 80.6 Å². The lowest BCUT2D eigenvalue weighted by molar-refractivity contribution is -0.126. The van der Waals surface area contributed by atoms with Crippen molar-refractivity contribution in [3.05, 3.63) is 60.3 Å². The molecule has 1 aromatic heterocycles. The summed E-state index contributed by atoms with van der Waals surface area (Å²) >= 11 is 0. The molecule has 7 nitrogen and oxygen atoms in total. The Morgan fingerprint density at radius 1 is 1.16 bits per heavy atom. The van der Waals surface area contributed by atoms with E-state index in [4.69, 9.17) is 4.74 Å². The average Bonchev–Trinajstić information content (AvgIpc) is 3.25. The van der Waals surface area contributed by atoms with E-state index in [-0.39, 0.29) is 23.3 Å². The lowest BCUT2D eigenvalue weighted by atomic mass is 9.99. The van der Waals surface area contributed by atoms with Gasteiger partial charge in [0.25, 0.3) is 0 Å². The van der Waals surface area contributed by atoms with Gasteiger partial charge in [0, 0.05) is 43.3 Å². The van der Waals surface area contributed by atoms with E-state index in [1.54, 1.807) is 19.2 Å². The molecule has 8 heteroatoms. The summed E-state index contributed by atoms with van der Waals surface area (Å²) in [5.41, 5.74) is 1.98. The van der Waals surface area contributed by atoms with Crippen LogP contribution in [0.1, 0.15) is 25.3 Å². The van der Waals surface area contributed by atoms with Gasteiger partial charge in [-0.25, -0.2) is 8.42 Å². The summed E-state index contributed by atoms with van der Waals surface area (Å²) in [6, 6.07) is 14.7. The highest BCUT2D eigenvalue weighted by atomic mass is 32.2. The third kappa shape index (κ3) is 4.52. The average molecular weight is 456 g/mol. The number of rotatable bonds is 7. The van der Waals surface area contributed by atoms with Crippen molar-refractivity contribution in [2.75, 3.05) is 20.2 Å². The van der Waals surface area contributed by atoms with Crippen LogP contribution in [0.25, 0.3) is 10.9 Å². The Labute approximate surface area is 189 Å². The van der Waals surface area contributed by atoms with E-state index >= 15 is 0 Å². The number of methoxy groups -OCH3 is 1. The fourth-order valence-corrected chi connectivity index (χ4v) is 5.77. The molecular formula is C24H29N3O4S. The van der Waals surface area contributed by atoms with Gasteiger partial charge >= 0.3 is 0 Å². The lowest BCUT2D eigenvalue weighted by Crippen LogP contribution is -2.45. The number of benzene rings is 2. The molecule has 1 fully saturated rings. The van der Waals surface area contributed by atoms with Crippen LogP contribution in [0.5, 0.6) is 5.75 Å². The van der Waals surface area contributed by atoms with Crippen LogP contribution in [0.2, 0.25) is 0 Å². The highest BCUT2D eigenvalue weighted by molar-refractivity contribution is 7.89. The zero-order chi connectivity index (χ0) is 22.7. The van der Waals surface area contributed by atoms with Crippen molar-refractivity contribution in [2.24, 2.45) is 5.92 Å². The van der Waals surface area contributed by atoms with E-state index in [1.165, 1.54) is 4.31 Å². The molecule has 0 spiro atoms. The number of nitrogens with one attached hydrogen (secondary N) is 1. The minimum atomic E-state index is -3.66. The molecule has 1 N–H and O–H groups in total. The molecule has 0 radical (unpaired) electrons. The van der Waals surface area contributed by atoms with Crippen LogP contribution in [0.3, 0.4) is 0 Å². The molecule has 0 bridgehead atoms. The van der Waals surface area contributed by atoms with Crippen molar-refractivity contribution in [1.29, 1.82) is 0 Å². The van der Waals surface area contributed by atoms with Crippen molar-refractivity contribution in [2.45, 2.75) is 37.8 Å². The van der Waals surface area contributed by atoms with Gasteiger partial charge < -0.3 is 14.6 Å². The third-order valence-electron chi connectivity index (χ3n) is 6.10. The maximum Gasteiger partial charge on any atom is 0.243 e. The van der Waals surface area contributed by atoms with Crippen molar-refractivity contribution in [3.63, 3.8) is 0 Å².